The van der Waals surface area contributed by atoms with E-state index in [1.54, 1.807) is 0 Å². The number of carboxylic acid groups (broad SMARTS) is 1. The van der Waals surface area contributed by atoms with Crippen molar-refractivity contribution in [3.63, 3.8) is 0 Å². The topological polar surface area (TPSA) is 57.5 Å². The van der Waals surface area contributed by atoms with Crippen LogP contribution in [0.15, 0.2) is 12.2 Å². The standard InChI is InChI=1S/C18H34O3/c1-2-3-4-5-6-7-8-9-10-11-12-13-14-15-16-17(19)18(20)21/h9-10,17,19H,2-8,11-16H2,1H3,(H,20,21)/b10-9+. The molecule has 0 amide bonds. The average molecular weight is 298 g/mol. The van der Waals surface area contributed by atoms with Crippen LogP contribution >= 0.6 is 0 Å². The van der Waals surface area contributed by atoms with Gasteiger partial charge in [0, 0.05) is 0 Å². The van der Waals surface area contributed by atoms with E-state index < -0.39 is 12.1 Å². The van der Waals surface area contributed by atoms with E-state index in [9.17, 15) is 4.79 Å². The number of carbonyl (C=O) groups is 1. The second-order valence-corrected chi connectivity index (χ2v) is 5.87. The molecule has 0 rings (SSSR count). The molecule has 1 atom stereocenters. The molecule has 0 aromatic carbocycles. The molecule has 124 valence electrons. The summed E-state index contributed by atoms with van der Waals surface area (Å²) in [7, 11) is 0. The number of unbranched alkanes of at least 4 members (excludes halogenated alkanes) is 10. The Kier molecular flexibility index (Phi) is 14.9. The van der Waals surface area contributed by atoms with Crippen molar-refractivity contribution < 1.29 is 15.0 Å². The average Bonchev–Trinajstić information content (AvgIpc) is 2.47. The summed E-state index contributed by atoms with van der Waals surface area (Å²) >= 11 is 0. The summed E-state index contributed by atoms with van der Waals surface area (Å²) in [6.07, 6.45) is 18.3. The molecule has 3 nitrogen and oxygen atoms in total. The summed E-state index contributed by atoms with van der Waals surface area (Å²) in [6, 6.07) is 0. The molecule has 0 spiro atoms. The van der Waals surface area contributed by atoms with Gasteiger partial charge in [-0.2, -0.15) is 0 Å². The molecule has 0 aliphatic rings. The molecule has 0 aromatic heterocycles. The van der Waals surface area contributed by atoms with Crippen molar-refractivity contribution in [2.45, 2.75) is 96.5 Å². The SMILES string of the molecule is CCCCCCCC/C=C/CCCCCCC(O)C(=O)O. The number of rotatable bonds is 15. The van der Waals surface area contributed by atoms with E-state index in [4.69, 9.17) is 10.2 Å². The van der Waals surface area contributed by atoms with Crippen LogP contribution in [0.25, 0.3) is 0 Å². The molecule has 2 N–H and O–H groups in total. The minimum absolute atomic E-state index is 0.378. The minimum Gasteiger partial charge on any atom is -0.479 e. The van der Waals surface area contributed by atoms with Crippen molar-refractivity contribution in [2.75, 3.05) is 0 Å². The predicted octanol–water partition coefficient (Wildman–Crippen LogP) is 5.08. The van der Waals surface area contributed by atoms with Gasteiger partial charge < -0.3 is 10.2 Å². The summed E-state index contributed by atoms with van der Waals surface area (Å²) < 4.78 is 0. The van der Waals surface area contributed by atoms with Crippen LogP contribution < -0.4 is 0 Å². The third-order valence-electron chi connectivity index (χ3n) is 3.77. The first-order valence-electron chi connectivity index (χ1n) is 8.74. The maximum Gasteiger partial charge on any atom is 0.332 e. The van der Waals surface area contributed by atoms with Gasteiger partial charge in [0.1, 0.15) is 0 Å². The van der Waals surface area contributed by atoms with E-state index in [1.165, 1.54) is 44.9 Å². The number of aliphatic hydroxyl groups is 1. The molecular formula is C18H34O3. The van der Waals surface area contributed by atoms with E-state index in [-0.39, 0.29) is 0 Å². The lowest BCUT2D eigenvalue weighted by Gasteiger charge is -2.04. The molecule has 21 heavy (non-hydrogen) atoms. The molecule has 0 saturated heterocycles. The van der Waals surface area contributed by atoms with Gasteiger partial charge in [0.25, 0.3) is 0 Å². The molecule has 1 unspecified atom stereocenters. The number of aliphatic carboxylic acids is 1. The van der Waals surface area contributed by atoms with Crippen LogP contribution in [0.1, 0.15) is 90.4 Å². The highest BCUT2D eigenvalue weighted by atomic mass is 16.4. The number of hydrogen-bond donors (Lipinski definition) is 2. The fourth-order valence-corrected chi connectivity index (χ4v) is 2.36. The third-order valence-corrected chi connectivity index (χ3v) is 3.77. The highest BCUT2D eigenvalue weighted by Gasteiger charge is 2.11. The van der Waals surface area contributed by atoms with Gasteiger partial charge >= 0.3 is 5.97 Å². The van der Waals surface area contributed by atoms with Gasteiger partial charge in [-0.05, 0) is 32.1 Å². The Morgan fingerprint density at radius 3 is 1.86 bits per heavy atom. The quantitative estimate of drug-likeness (QED) is 0.327. The van der Waals surface area contributed by atoms with Crippen molar-refractivity contribution in [2.24, 2.45) is 0 Å². The zero-order valence-corrected chi connectivity index (χ0v) is 13.7. The fraction of sp³-hybridized carbons (Fsp3) is 0.833. The van der Waals surface area contributed by atoms with E-state index in [0.29, 0.717) is 6.42 Å². The number of allylic oxidation sites excluding steroid dienone is 2. The van der Waals surface area contributed by atoms with Gasteiger partial charge in [0.15, 0.2) is 6.10 Å². The fourth-order valence-electron chi connectivity index (χ4n) is 2.36. The second-order valence-electron chi connectivity index (χ2n) is 5.87. The summed E-state index contributed by atoms with van der Waals surface area (Å²) in [5.74, 6) is -1.10. The second kappa shape index (κ2) is 15.6. The zero-order chi connectivity index (χ0) is 15.8. The highest BCUT2D eigenvalue weighted by Crippen LogP contribution is 2.10. The Bertz CT molecular complexity index is 261. The van der Waals surface area contributed by atoms with Crippen molar-refractivity contribution >= 4 is 5.97 Å². The molecule has 3 heteroatoms. The van der Waals surface area contributed by atoms with Crippen LogP contribution in [-0.2, 0) is 4.79 Å². The largest absolute Gasteiger partial charge is 0.479 e. The van der Waals surface area contributed by atoms with Crippen molar-refractivity contribution in [1.82, 2.24) is 0 Å². The molecule has 0 radical (unpaired) electrons. The Morgan fingerprint density at radius 1 is 0.857 bits per heavy atom. The van der Waals surface area contributed by atoms with Crippen LogP contribution in [0.2, 0.25) is 0 Å². The van der Waals surface area contributed by atoms with Crippen LogP contribution in [0.5, 0.6) is 0 Å². The van der Waals surface area contributed by atoms with Gasteiger partial charge in [0.05, 0.1) is 0 Å². The monoisotopic (exact) mass is 298 g/mol. The lowest BCUT2D eigenvalue weighted by molar-refractivity contribution is -0.146. The van der Waals surface area contributed by atoms with Crippen LogP contribution in [0.3, 0.4) is 0 Å². The van der Waals surface area contributed by atoms with Crippen molar-refractivity contribution in [1.29, 1.82) is 0 Å². The molecule has 0 aromatic rings. The van der Waals surface area contributed by atoms with Crippen molar-refractivity contribution in [3.05, 3.63) is 12.2 Å². The number of carboxylic acids is 1. The summed E-state index contributed by atoms with van der Waals surface area (Å²) in [5, 5.41) is 17.6. The smallest absolute Gasteiger partial charge is 0.332 e. The maximum atomic E-state index is 10.4. The Morgan fingerprint density at radius 2 is 1.33 bits per heavy atom. The van der Waals surface area contributed by atoms with E-state index in [0.717, 1.165) is 32.1 Å². The van der Waals surface area contributed by atoms with Crippen LogP contribution in [0, 0.1) is 0 Å². The zero-order valence-electron chi connectivity index (χ0n) is 13.7. The first-order chi connectivity index (χ1) is 10.2. The highest BCUT2D eigenvalue weighted by molar-refractivity contribution is 5.71. The maximum absolute atomic E-state index is 10.4. The van der Waals surface area contributed by atoms with E-state index in [2.05, 4.69) is 19.1 Å². The number of hydrogen-bond acceptors (Lipinski definition) is 2. The Balaban J connectivity index is 3.17. The van der Waals surface area contributed by atoms with Crippen LogP contribution in [-0.4, -0.2) is 22.3 Å². The van der Waals surface area contributed by atoms with Gasteiger partial charge in [-0.3, -0.25) is 0 Å². The van der Waals surface area contributed by atoms with E-state index >= 15 is 0 Å². The van der Waals surface area contributed by atoms with Gasteiger partial charge in [-0.15, -0.1) is 0 Å². The van der Waals surface area contributed by atoms with Gasteiger partial charge in [-0.25, -0.2) is 4.79 Å². The molecule has 0 aliphatic heterocycles. The van der Waals surface area contributed by atoms with Gasteiger partial charge in [0.2, 0.25) is 0 Å². The minimum atomic E-state index is -1.18. The summed E-state index contributed by atoms with van der Waals surface area (Å²) in [4.78, 5) is 10.4. The Labute approximate surface area is 130 Å². The summed E-state index contributed by atoms with van der Waals surface area (Å²) in [6.45, 7) is 2.25. The van der Waals surface area contributed by atoms with Crippen LogP contribution in [0.4, 0.5) is 0 Å². The molecule has 0 bridgehead atoms. The molecule has 0 saturated carbocycles. The first kappa shape index (κ1) is 20.2. The van der Waals surface area contributed by atoms with Gasteiger partial charge in [-0.1, -0.05) is 70.4 Å². The summed E-state index contributed by atoms with van der Waals surface area (Å²) in [5.41, 5.74) is 0. The molecule has 0 fully saturated rings. The first-order valence-corrected chi connectivity index (χ1v) is 8.74. The van der Waals surface area contributed by atoms with E-state index in [1.807, 2.05) is 0 Å². The lowest BCUT2D eigenvalue weighted by atomic mass is 10.1. The lowest BCUT2D eigenvalue weighted by Crippen LogP contribution is -2.18. The molecular weight excluding hydrogens is 264 g/mol. The molecule has 0 aliphatic carbocycles. The molecule has 0 heterocycles. The number of aliphatic hydroxyl groups excluding tert-OH is 1. The Hall–Kier alpha value is -0.830. The third kappa shape index (κ3) is 15.4. The van der Waals surface area contributed by atoms with Crippen molar-refractivity contribution in [3.8, 4) is 0 Å². The predicted molar refractivity (Wildman–Crippen MR) is 88.5 cm³/mol. The normalized spacial score (nSPS) is 12.9.